The molecule has 0 bridgehead atoms. The molecule has 0 N–H and O–H groups in total. The monoisotopic (exact) mass is 346 g/mol. The summed E-state index contributed by atoms with van der Waals surface area (Å²) in [5.74, 6) is -0.283. The summed E-state index contributed by atoms with van der Waals surface area (Å²) in [5.41, 5.74) is -1.03. The number of rotatable bonds is 9. The van der Waals surface area contributed by atoms with E-state index >= 15 is 0 Å². The zero-order chi connectivity index (χ0) is 17.3. The summed E-state index contributed by atoms with van der Waals surface area (Å²) >= 11 is 0. The average Bonchev–Trinajstić information content (AvgIpc) is 2.57. The van der Waals surface area contributed by atoms with Crippen molar-refractivity contribution in [3.63, 3.8) is 0 Å². The first-order valence-corrected chi connectivity index (χ1v) is 7.43. The molecule has 1 unspecified atom stereocenters. The predicted molar refractivity (Wildman–Crippen MR) is 80.7 cm³/mol. The fraction of sp³-hybridized carbons (Fsp3) is 0.562. The molecular weight excluding hydrogens is 323 g/mol. The van der Waals surface area contributed by atoms with Crippen LogP contribution >= 0.6 is 0 Å². The molecule has 1 rings (SSSR count). The zero-order valence-electron chi connectivity index (χ0n) is 14.9. The van der Waals surface area contributed by atoms with Crippen molar-refractivity contribution in [2.45, 2.75) is 39.8 Å². The Morgan fingerprint density at radius 3 is 2.33 bits per heavy atom. The van der Waals surface area contributed by atoms with Crippen LogP contribution in [-0.2, 0) is 25.0 Å². The molecule has 24 heavy (non-hydrogen) atoms. The standard InChI is InChI=1S/C16H24N2O5.Na/c1-5-15(2,3)14(19)21-11-12-22-16(4,17-18-23-20)13-9-7-6-8-10-13;/h6-10,20H,5,11-12H2,1-4H3;/q;+1/p-1/b18-17-;. The van der Waals surface area contributed by atoms with E-state index in [1.165, 1.54) is 0 Å². The van der Waals surface area contributed by atoms with Crippen LogP contribution < -0.4 is 34.8 Å². The van der Waals surface area contributed by atoms with Gasteiger partial charge in [0.25, 0.3) is 0 Å². The number of ether oxygens (including phenoxy) is 2. The van der Waals surface area contributed by atoms with E-state index in [1.807, 2.05) is 39.0 Å². The van der Waals surface area contributed by atoms with Gasteiger partial charge in [-0.3, -0.25) is 4.79 Å². The van der Waals surface area contributed by atoms with Gasteiger partial charge in [0.1, 0.15) is 6.61 Å². The summed E-state index contributed by atoms with van der Waals surface area (Å²) in [4.78, 5) is 15.3. The van der Waals surface area contributed by atoms with Gasteiger partial charge in [0.05, 0.1) is 12.0 Å². The van der Waals surface area contributed by atoms with Crippen molar-refractivity contribution in [1.29, 1.82) is 0 Å². The van der Waals surface area contributed by atoms with Crippen molar-refractivity contribution >= 4 is 5.97 Å². The Kier molecular flexibility index (Phi) is 10.3. The Hall–Kier alpha value is -0.990. The molecule has 1 aromatic rings. The summed E-state index contributed by atoms with van der Waals surface area (Å²) in [6.45, 7) is 7.40. The second-order valence-corrected chi connectivity index (χ2v) is 5.83. The number of nitrogens with zero attached hydrogens (tertiary/aromatic N) is 2. The minimum absolute atomic E-state index is 0. The number of esters is 1. The van der Waals surface area contributed by atoms with Gasteiger partial charge in [-0.05, 0) is 27.2 Å². The summed E-state index contributed by atoms with van der Waals surface area (Å²) in [5, 5.41) is 16.9. The minimum atomic E-state index is -1.20. The van der Waals surface area contributed by atoms with Crippen LogP contribution in [0.2, 0.25) is 0 Å². The molecule has 1 atom stereocenters. The molecule has 1 aromatic carbocycles. The van der Waals surface area contributed by atoms with Crippen LogP contribution in [0.15, 0.2) is 40.7 Å². The van der Waals surface area contributed by atoms with Gasteiger partial charge < -0.3 is 19.7 Å². The smallest absolute Gasteiger partial charge is 0.636 e. The Bertz CT molecular complexity index is 524. The molecule has 0 fully saturated rings. The van der Waals surface area contributed by atoms with Gasteiger partial charge >= 0.3 is 35.5 Å². The second kappa shape index (κ2) is 10.8. The Balaban J connectivity index is 0.00000529. The number of carbonyl (C=O) groups excluding carboxylic acids is 1. The van der Waals surface area contributed by atoms with E-state index in [0.717, 1.165) is 0 Å². The molecule has 0 aliphatic carbocycles. The molecule has 8 heteroatoms. The quantitative estimate of drug-likeness (QED) is 0.150. The maximum atomic E-state index is 11.9. The average molecular weight is 346 g/mol. The van der Waals surface area contributed by atoms with Gasteiger partial charge in [-0.2, -0.15) is 0 Å². The molecule has 0 aromatic heterocycles. The molecule has 0 saturated carbocycles. The molecule has 0 spiro atoms. The molecule has 7 nitrogen and oxygen atoms in total. The number of hydrogen-bond donors (Lipinski definition) is 0. The van der Waals surface area contributed by atoms with Crippen LogP contribution in [0.1, 0.15) is 39.7 Å². The van der Waals surface area contributed by atoms with Gasteiger partial charge in [0, 0.05) is 10.8 Å². The fourth-order valence-corrected chi connectivity index (χ4v) is 1.73. The first-order valence-electron chi connectivity index (χ1n) is 7.43. The van der Waals surface area contributed by atoms with E-state index in [1.54, 1.807) is 19.1 Å². The molecule has 0 aliphatic heterocycles. The van der Waals surface area contributed by atoms with E-state index in [-0.39, 0.29) is 48.7 Å². The van der Waals surface area contributed by atoms with Crippen molar-refractivity contribution in [3.8, 4) is 0 Å². The van der Waals surface area contributed by atoms with Crippen molar-refractivity contribution in [3.05, 3.63) is 35.9 Å². The summed E-state index contributed by atoms with van der Waals surface area (Å²) < 4.78 is 10.9. The van der Waals surface area contributed by atoms with Crippen LogP contribution in [0.4, 0.5) is 0 Å². The SMILES string of the molecule is CCC(C)(C)C(=O)OCCOC(C)(/N=N\O[O-])c1ccccc1.[Na+]. The number of hydrogen-bond acceptors (Lipinski definition) is 7. The largest absolute Gasteiger partial charge is 1.00 e. The third-order valence-corrected chi connectivity index (χ3v) is 3.71. The Labute approximate surface area is 164 Å². The van der Waals surface area contributed by atoms with Crippen molar-refractivity contribution in [2.24, 2.45) is 15.8 Å². The van der Waals surface area contributed by atoms with Crippen LogP contribution in [0.3, 0.4) is 0 Å². The number of carbonyl (C=O) groups is 1. The summed E-state index contributed by atoms with van der Waals surface area (Å²) in [6, 6.07) is 9.05. The molecular formula is C16H23N2NaO5. The Morgan fingerprint density at radius 1 is 1.17 bits per heavy atom. The van der Waals surface area contributed by atoms with Crippen molar-refractivity contribution in [1.82, 2.24) is 0 Å². The Morgan fingerprint density at radius 2 is 1.79 bits per heavy atom. The van der Waals surface area contributed by atoms with E-state index < -0.39 is 11.1 Å². The molecule has 128 valence electrons. The topological polar surface area (TPSA) is 92.5 Å². The van der Waals surface area contributed by atoms with Crippen molar-refractivity contribution < 1.29 is 54.1 Å². The maximum absolute atomic E-state index is 11.9. The van der Waals surface area contributed by atoms with E-state index in [0.29, 0.717) is 12.0 Å². The third-order valence-electron chi connectivity index (χ3n) is 3.71. The fourth-order valence-electron chi connectivity index (χ4n) is 1.73. The van der Waals surface area contributed by atoms with E-state index in [2.05, 4.69) is 15.4 Å². The van der Waals surface area contributed by atoms with Crippen LogP contribution in [-0.4, -0.2) is 19.2 Å². The molecule has 0 radical (unpaired) electrons. The predicted octanol–water partition coefficient (Wildman–Crippen LogP) is -0.482. The minimum Gasteiger partial charge on any atom is -0.636 e. The van der Waals surface area contributed by atoms with Gasteiger partial charge in [0.15, 0.2) is 0 Å². The first-order chi connectivity index (χ1) is 10.9. The molecule has 0 amide bonds. The number of benzene rings is 1. The van der Waals surface area contributed by atoms with Crippen molar-refractivity contribution in [2.75, 3.05) is 13.2 Å². The summed E-state index contributed by atoms with van der Waals surface area (Å²) in [7, 11) is 0. The van der Waals surface area contributed by atoms with E-state index in [4.69, 9.17) is 9.47 Å². The normalized spacial score (nSPS) is 13.9. The maximum Gasteiger partial charge on any atom is 1.00 e. The third kappa shape index (κ3) is 6.86. The van der Waals surface area contributed by atoms with Gasteiger partial charge in [-0.25, -0.2) is 0 Å². The van der Waals surface area contributed by atoms with Gasteiger partial charge in [-0.1, -0.05) is 37.3 Å². The molecule has 0 aliphatic rings. The molecule has 0 saturated heterocycles. The van der Waals surface area contributed by atoms with Gasteiger partial charge in [0.2, 0.25) is 5.72 Å². The van der Waals surface area contributed by atoms with Crippen LogP contribution in [0.25, 0.3) is 0 Å². The van der Waals surface area contributed by atoms with Crippen LogP contribution in [0.5, 0.6) is 0 Å². The molecule has 0 heterocycles. The van der Waals surface area contributed by atoms with Gasteiger partial charge in [-0.15, -0.1) is 5.11 Å². The second-order valence-electron chi connectivity index (χ2n) is 5.83. The zero-order valence-corrected chi connectivity index (χ0v) is 16.9. The van der Waals surface area contributed by atoms with E-state index in [9.17, 15) is 10.1 Å². The summed E-state index contributed by atoms with van der Waals surface area (Å²) in [6.07, 6.45) is 0.684. The van der Waals surface area contributed by atoms with Crippen LogP contribution in [0, 0.1) is 5.41 Å². The first kappa shape index (κ1) is 23.0.